The summed E-state index contributed by atoms with van der Waals surface area (Å²) in [5.41, 5.74) is 2.84. The zero-order valence-corrected chi connectivity index (χ0v) is 13.4. The highest BCUT2D eigenvalue weighted by molar-refractivity contribution is 5.88. The molecule has 6 nitrogen and oxygen atoms in total. The summed E-state index contributed by atoms with van der Waals surface area (Å²) in [6, 6.07) is 17.4. The minimum atomic E-state index is -0.0933. The van der Waals surface area contributed by atoms with Crippen molar-refractivity contribution in [1.29, 1.82) is 0 Å². The molecule has 0 unspecified atom stereocenters. The number of aromatic amines is 1. The Morgan fingerprint density at radius 2 is 1.84 bits per heavy atom. The van der Waals surface area contributed by atoms with E-state index in [0.29, 0.717) is 18.2 Å². The van der Waals surface area contributed by atoms with Crippen LogP contribution in [0.1, 0.15) is 11.5 Å². The SMILES string of the molecule is O=C(Cc1c[nH]c2ccccc12)NCc1nnc(-c2ccccc2)o1. The first-order valence-electron chi connectivity index (χ1n) is 7.99. The van der Waals surface area contributed by atoms with Gasteiger partial charge < -0.3 is 14.7 Å². The molecule has 6 heteroatoms. The van der Waals surface area contributed by atoms with Crippen LogP contribution in [-0.4, -0.2) is 21.1 Å². The molecular formula is C19H16N4O2. The van der Waals surface area contributed by atoms with E-state index in [1.165, 1.54) is 0 Å². The lowest BCUT2D eigenvalue weighted by molar-refractivity contribution is -0.120. The summed E-state index contributed by atoms with van der Waals surface area (Å²) in [7, 11) is 0. The Morgan fingerprint density at radius 3 is 2.72 bits per heavy atom. The van der Waals surface area contributed by atoms with Crippen LogP contribution in [0, 0.1) is 0 Å². The number of nitrogens with one attached hydrogen (secondary N) is 2. The Morgan fingerprint density at radius 1 is 1.04 bits per heavy atom. The standard InChI is InChI=1S/C19H16N4O2/c24-17(10-14-11-20-16-9-5-4-8-15(14)16)21-12-18-22-23-19(25-18)13-6-2-1-3-7-13/h1-9,11,20H,10,12H2,(H,21,24). The van der Waals surface area contributed by atoms with Crippen molar-refractivity contribution in [2.75, 3.05) is 0 Å². The lowest BCUT2D eigenvalue weighted by Gasteiger charge is -2.02. The van der Waals surface area contributed by atoms with Gasteiger partial charge in [0, 0.05) is 22.7 Å². The summed E-state index contributed by atoms with van der Waals surface area (Å²) in [4.78, 5) is 15.4. The molecule has 2 N–H and O–H groups in total. The van der Waals surface area contributed by atoms with Crippen LogP contribution in [-0.2, 0) is 17.8 Å². The molecule has 0 bridgehead atoms. The molecule has 124 valence electrons. The molecule has 4 rings (SSSR count). The average Bonchev–Trinajstić information content (AvgIpc) is 3.28. The first-order chi connectivity index (χ1) is 12.3. The number of H-pyrrole nitrogens is 1. The number of hydrogen-bond donors (Lipinski definition) is 2. The normalized spacial score (nSPS) is 10.9. The molecule has 2 heterocycles. The number of aromatic nitrogens is 3. The summed E-state index contributed by atoms with van der Waals surface area (Å²) < 4.78 is 5.58. The third-order valence-electron chi connectivity index (χ3n) is 3.95. The van der Waals surface area contributed by atoms with E-state index in [1.807, 2.05) is 60.8 Å². The number of rotatable bonds is 5. The monoisotopic (exact) mass is 332 g/mol. The van der Waals surface area contributed by atoms with Crippen molar-refractivity contribution in [3.8, 4) is 11.5 Å². The van der Waals surface area contributed by atoms with Crippen LogP contribution in [0.3, 0.4) is 0 Å². The van der Waals surface area contributed by atoms with Crippen LogP contribution in [0.25, 0.3) is 22.4 Å². The molecule has 0 atom stereocenters. The van der Waals surface area contributed by atoms with Gasteiger partial charge in [-0.3, -0.25) is 4.79 Å². The van der Waals surface area contributed by atoms with Crippen molar-refractivity contribution in [2.45, 2.75) is 13.0 Å². The Bertz CT molecular complexity index is 1000. The zero-order valence-electron chi connectivity index (χ0n) is 13.4. The van der Waals surface area contributed by atoms with E-state index in [0.717, 1.165) is 22.0 Å². The maximum atomic E-state index is 12.2. The van der Waals surface area contributed by atoms with Gasteiger partial charge in [-0.25, -0.2) is 0 Å². The van der Waals surface area contributed by atoms with Crippen molar-refractivity contribution in [2.24, 2.45) is 0 Å². The molecule has 0 fully saturated rings. The van der Waals surface area contributed by atoms with E-state index in [9.17, 15) is 4.79 Å². The first kappa shape index (κ1) is 15.1. The van der Waals surface area contributed by atoms with Gasteiger partial charge in [-0.15, -0.1) is 10.2 Å². The minimum absolute atomic E-state index is 0.0933. The van der Waals surface area contributed by atoms with E-state index in [-0.39, 0.29) is 12.5 Å². The molecule has 0 spiro atoms. The second-order valence-corrected chi connectivity index (χ2v) is 5.68. The molecule has 0 radical (unpaired) electrons. The molecule has 1 amide bonds. The topological polar surface area (TPSA) is 83.8 Å². The van der Waals surface area contributed by atoms with Gasteiger partial charge in [0.15, 0.2) is 0 Å². The quantitative estimate of drug-likeness (QED) is 0.588. The molecule has 4 aromatic rings. The van der Waals surface area contributed by atoms with Crippen LogP contribution in [0.4, 0.5) is 0 Å². The van der Waals surface area contributed by atoms with Crippen molar-refractivity contribution < 1.29 is 9.21 Å². The van der Waals surface area contributed by atoms with Gasteiger partial charge in [-0.2, -0.15) is 0 Å². The van der Waals surface area contributed by atoms with Crippen molar-refractivity contribution in [1.82, 2.24) is 20.5 Å². The van der Waals surface area contributed by atoms with Gasteiger partial charge in [0.2, 0.25) is 17.7 Å². The van der Waals surface area contributed by atoms with Gasteiger partial charge in [0.25, 0.3) is 0 Å². The van der Waals surface area contributed by atoms with E-state index in [2.05, 4.69) is 20.5 Å². The van der Waals surface area contributed by atoms with Crippen LogP contribution in [0.15, 0.2) is 65.2 Å². The van der Waals surface area contributed by atoms with Gasteiger partial charge >= 0.3 is 0 Å². The molecular weight excluding hydrogens is 316 g/mol. The van der Waals surface area contributed by atoms with Crippen LogP contribution in [0.2, 0.25) is 0 Å². The highest BCUT2D eigenvalue weighted by atomic mass is 16.4. The maximum Gasteiger partial charge on any atom is 0.247 e. The largest absolute Gasteiger partial charge is 0.419 e. The summed E-state index contributed by atoms with van der Waals surface area (Å²) in [6.45, 7) is 0.209. The zero-order chi connectivity index (χ0) is 17.1. The van der Waals surface area contributed by atoms with Gasteiger partial charge in [0.1, 0.15) is 0 Å². The van der Waals surface area contributed by atoms with Crippen molar-refractivity contribution in [3.63, 3.8) is 0 Å². The number of carbonyl (C=O) groups excluding carboxylic acids is 1. The number of nitrogens with zero attached hydrogens (tertiary/aromatic N) is 2. The van der Waals surface area contributed by atoms with Crippen molar-refractivity contribution >= 4 is 16.8 Å². The van der Waals surface area contributed by atoms with Crippen LogP contribution < -0.4 is 5.32 Å². The van der Waals surface area contributed by atoms with Gasteiger partial charge in [-0.05, 0) is 23.8 Å². The van der Waals surface area contributed by atoms with Crippen LogP contribution in [0.5, 0.6) is 0 Å². The Kier molecular flexibility index (Phi) is 4.00. The van der Waals surface area contributed by atoms with E-state index < -0.39 is 0 Å². The number of fused-ring (bicyclic) bond motifs is 1. The average molecular weight is 332 g/mol. The molecule has 2 aromatic carbocycles. The molecule has 25 heavy (non-hydrogen) atoms. The second-order valence-electron chi connectivity index (χ2n) is 5.68. The molecule has 2 aromatic heterocycles. The molecule has 0 saturated carbocycles. The lowest BCUT2D eigenvalue weighted by atomic mass is 10.1. The van der Waals surface area contributed by atoms with Crippen molar-refractivity contribution in [3.05, 3.63) is 72.2 Å². The molecule has 0 aliphatic carbocycles. The molecule has 0 saturated heterocycles. The smallest absolute Gasteiger partial charge is 0.247 e. The highest BCUT2D eigenvalue weighted by Gasteiger charge is 2.11. The predicted octanol–water partition coefficient (Wildman–Crippen LogP) is 3.08. The number of amides is 1. The third-order valence-corrected chi connectivity index (χ3v) is 3.95. The fourth-order valence-electron chi connectivity index (χ4n) is 2.71. The predicted molar refractivity (Wildman–Crippen MR) is 93.6 cm³/mol. The Hall–Kier alpha value is -3.41. The summed E-state index contributed by atoms with van der Waals surface area (Å²) in [5, 5.41) is 11.9. The summed E-state index contributed by atoms with van der Waals surface area (Å²) in [5.74, 6) is 0.733. The lowest BCUT2D eigenvalue weighted by Crippen LogP contribution is -2.24. The number of hydrogen-bond acceptors (Lipinski definition) is 4. The minimum Gasteiger partial charge on any atom is -0.419 e. The van der Waals surface area contributed by atoms with E-state index >= 15 is 0 Å². The van der Waals surface area contributed by atoms with E-state index in [1.54, 1.807) is 0 Å². The summed E-state index contributed by atoms with van der Waals surface area (Å²) in [6.07, 6.45) is 2.16. The fraction of sp³-hybridized carbons (Fsp3) is 0.105. The maximum absolute atomic E-state index is 12.2. The Labute approximate surface area is 143 Å². The Balaban J connectivity index is 1.38. The van der Waals surface area contributed by atoms with E-state index in [4.69, 9.17) is 4.42 Å². The van der Waals surface area contributed by atoms with Gasteiger partial charge in [-0.1, -0.05) is 36.4 Å². The molecule has 0 aliphatic rings. The van der Waals surface area contributed by atoms with Crippen LogP contribution >= 0.6 is 0 Å². The van der Waals surface area contributed by atoms with Gasteiger partial charge in [0.05, 0.1) is 13.0 Å². The second kappa shape index (κ2) is 6.60. The number of benzene rings is 2. The highest BCUT2D eigenvalue weighted by Crippen LogP contribution is 2.18. The summed E-state index contributed by atoms with van der Waals surface area (Å²) >= 11 is 0. The first-order valence-corrected chi connectivity index (χ1v) is 7.99. The molecule has 0 aliphatic heterocycles. The third kappa shape index (κ3) is 3.28. The fourth-order valence-corrected chi connectivity index (χ4v) is 2.71. The number of para-hydroxylation sites is 1. The number of carbonyl (C=O) groups is 1.